The Morgan fingerprint density at radius 3 is 2.35 bits per heavy atom. The van der Waals surface area contributed by atoms with Crippen LogP contribution in [0.15, 0.2) is 24.3 Å². The molecule has 26 heavy (non-hydrogen) atoms. The second kappa shape index (κ2) is 9.38. The van der Waals surface area contributed by atoms with Crippen molar-refractivity contribution in [3.05, 3.63) is 34.9 Å². The van der Waals surface area contributed by atoms with E-state index in [1.807, 2.05) is 12.1 Å². The van der Waals surface area contributed by atoms with Crippen LogP contribution in [0, 0.1) is 0 Å². The normalized spacial score (nSPS) is 16.8. The van der Waals surface area contributed by atoms with Crippen LogP contribution in [-0.2, 0) is 9.59 Å². The smallest absolute Gasteiger partial charge is 0.222 e. The monoisotopic (exact) mass is 379 g/mol. The molecule has 0 radical (unpaired) electrons. The van der Waals surface area contributed by atoms with E-state index in [-0.39, 0.29) is 29.8 Å². The van der Waals surface area contributed by atoms with E-state index in [2.05, 4.69) is 29.4 Å². The van der Waals surface area contributed by atoms with Crippen molar-refractivity contribution in [3.8, 4) is 0 Å². The summed E-state index contributed by atoms with van der Waals surface area (Å²) in [6, 6.07) is 6.86. The molecular weight excluding hydrogens is 350 g/mol. The highest BCUT2D eigenvalue weighted by molar-refractivity contribution is 6.30. The first-order chi connectivity index (χ1) is 12.3. The van der Waals surface area contributed by atoms with E-state index >= 15 is 0 Å². The average Bonchev–Trinajstić information content (AvgIpc) is 2.60. The van der Waals surface area contributed by atoms with Gasteiger partial charge in [-0.05, 0) is 57.5 Å². The van der Waals surface area contributed by atoms with Gasteiger partial charge in [0.1, 0.15) is 0 Å². The lowest BCUT2D eigenvalue weighted by atomic mass is 9.98. The minimum atomic E-state index is -0.358. The first kappa shape index (κ1) is 20.7. The van der Waals surface area contributed by atoms with Crippen LogP contribution >= 0.6 is 11.6 Å². The number of rotatable bonds is 7. The fourth-order valence-electron chi connectivity index (χ4n) is 3.38. The molecule has 1 aliphatic rings. The highest BCUT2D eigenvalue weighted by Gasteiger charge is 2.28. The Morgan fingerprint density at radius 1 is 1.15 bits per heavy atom. The van der Waals surface area contributed by atoms with Crippen molar-refractivity contribution in [2.24, 2.45) is 0 Å². The molecule has 1 heterocycles. The Morgan fingerprint density at radius 2 is 1.77 bits per heavy atom. The van der Waals surface area contributed by atoms with Crippen LogP contribution in [0.25, 0.3) is 0 Å². The molecule has 0 saturated carbocycles. The topological polar surface area (TPSA) is 61.4 Å². The van der Waals surface area contributed by atoms with Crippen molar-refractivity contribution in [3.63, 3.8) is 0 Å². The molecule has 1 aromatic rings. The Balaban J connectivity index is 1.93. The molecular formula is C20H30ClN3O2. The van der Waals surface area contributed by atoms with E-state index in [0.717, 1.165) is 18.7 Å². The summed E-state index contributed by atoms with van der Waals surface area (Å²) in [5, 5.41) is 6.53. The SMILES string of the molecule is CC(=O)NC(CC(=O)NCC(C)(C)N1CCCCC1)c1ccc(Cl)cc1. The number of likely N-dealkylation sites (tertiary alicyclic amines) is 1. The molecule has 5 nitrogen and oxygen atoms in total. The average molecular weight is 380 g/mol. The van der Waals surface area contributed by atoms with Gasteiger partial charge in [-0.2, -0.15) is 0 Å². The van der Waals surface area contributed by atoms with Crippen molar-refractivity contribution in [1.82, 2.24) is 15.5 Å². The van der Waals surface area contributed by atoms with Crippen molar-refractivity contribution in [2.75, 3.05) is 19.6 Å². The molecule has 1 saturated heterocycles. The predicted molar refractivity (Wildman–Crippen MR) is 105 cm³/mol. The summed E-state index contributed by atoms with van der Waals surface area (Å²) in [7, 11) is 0. The van der Waals surface area contributed by atoms with Gasteiger partial charge in [0, 0.05) is 24.0 Å². The molecule has 144 valence electrons. The summed E-state index contributed by atoms with van der Waals surface area (Å²) in [6.45, 7) is 8.57. The highest BCUT2D eigenvalue weighted by atomic mass is 35.5. The van der Waals surface area contributed by atoms with Gasteiger partial charge in [0.25, 0.3) is 0 Å². The minimum absolute atomic E-state index is 0.0659. The van der Waals surface area contributed by atoms with E-state index in [9.17, 15) is 9.59 Å². The summed E-state index contributed by atoms with van der Waals surface area (Å²) >= 11 is 5.93. The van der Waals surface area contributed by atoms with Gasteiger partial charge in [-0.1, -0.05) is 30.2 Å². The van der Waals surface area contributed by atoms with Crippen LogP contribution in [0.4, 0.5) is 0 Å². The molecule has 1 aromatic carbocycles. The first-order valence-electron chi connectivity index (χ1n) is 9.32. The van der Waals surface area contributed by atoms with Gasteiger partial charge >= 0.3 is 0 Å². The number of carbonyl (C=O) groups excluding carboxylic acids is 2. The van der Waals surface area contributed by atoms with Crippen LogP contribution in [0.2, 0.25) is 5.02 Å². The summed E-state index contributed by atoms with van der Waals surface area (Å²) in [6.07, 6.45) is 3.94. The van der Waals surface area contributed by atoms with Gasteiger partial charge in [0.05, 0.1) is 12.5 Å². The lowest BCUT2D eigenvalue weighted by molar-refractivity contribution is -0.123. The van der Waals surface area contributed by atoms with Gasteiger partial charge in [-0.3, -0.25) is 14.5 Å². The Labute approximate surface area is 161 Å². The summed E-state index contributed by atoms with van der Waals surface area (Å²) < 4.78 is 0. The molecule has 0 aromatic heterocycles. The number of nitrogens with zero attached hydrogens (tertiary/aromatic N) is 1. The summed E-state index contributed by atoms with van der Waals surface area (Å²) in [5.74, 6) is -0.227. The Hall–Kier alpha value is -1.59. The molecule has 1 atom stereocenters. The molecule has 2 N–H and O–H groups in total. The predicted octanol–water partition coefficient (Wildman–Crippen LogP) is 3.29. The second-order valence-electron chi connectivity index (χ2n) is 7.65. The number of hydrogen-bond donors (Lipinski definition) is 2. The number of amides is 2. The Bertz CT molecular complexity index is 610. The fraction of sp³-hybridized carbons (Fsp3) is 0.600. The number of halogens is 1. The largest absolute Gasteiger partial charge is 0.354 e. The van der Waals surface area contributed by atoms with E-state index in [1.54, 1.807) is 12.1 Å². The van der Waals surface area contributed by atoms with Crippen LogP contribution in [-0.4, -0.2) is 41.9 Å². The number of nitrogens with one attached hydrogen (secondary N) is 2. The molecule has 2 amide bonds. The van der Waals surface area contributed by atoms with Crippen molar-refractivity contribution < 1.29 is 9.59 Å². The van der Waals surface area contributed by atoms with Crippen molar-refractivity contribution >= 4 is 23.4 Å². The van der Waals surface area contributed by atoms with Crippen molar-refractivity contribution in [2.45, 2.75) is 58.0 Å². The third kappa shape index (κ3) is 6.29. The van der Waals surface area contributed by atoms with Crippen molar-refractivity contribution in [1.29, 1.82) is 0 Å². The third-order valence-corrected chi connectivity index (χ3v) is 5.22. The zero-order valence-corrected chi connectivity index (χ0v) is 16.7. The molecule has 0 bridgehead atoms. The quantitative estimate of drug-likeness (QED) is 0.764. The van der Waals surface area contributed by atoms with E-state index < -0.39 is 0 Å². The number of hydrogen-bond acceptors (Lipinski definition) is 3. The summed E-state index contributed by atoms with van der Waals surface area (Å²) in [5.41, 5.74) is 0.801. The maximum absolute atomic E-state index is 12.5. The van der Waals surface area contributed by atoms with E-state index in [1.165, 1.54) is 26.2 Å². The maximum Gasteiger partial charge on any atom is 0.222 e. The molecule has 1 unspecified atom stereocenters. The molecule has 6 heteroatoms. The molecule has 1 fully saturated rings. The van der Waals surface area contributed by atoms with Gasteiger partial charge < -0.3 is 10.6 Å². The number of carbonyl (C=O) groups is 2. The van der Waals surface area contributed by atoms with Gasteiger partial charge in [-0.15, -0.1) is 0 Å². The zero-order chi connectivity index (χ0) is 19.2. The van der Waals surface area contributed by atoms with Gasteiger partial charge in [-0.25, -0.2) is 0 Å². The highest BCUT2D eigenvalue weighted by Crippen LogP contribution is 2.21. The van der Waals surface area contributed by atoms with E-state index in [4.69, 9.17) is 11.6 Å². The third-order valence-electron chi connectivity index (χ3n) is 4.97. The number of piperidine rings is 1. The minimum Gasteiger partial charge on any atom is -0.354 e. The molecule has 2 rings (SSSR count). The van der Waals surface area contributed by atoms with Crippen LogP contribution in [0.5, 0.6) is 0 Å². The van der Waals surface area contributed by atoms with E-state index in [0.29, 0.717) is 11.6 Å². The van der Waals surface area contributed by atoms with Gasteiger partial charge in [0.15, 0.2) is 0 Å². The first-order valence-corrected chi connectivity index (χ1v) is 9.70. The molecule has 0 aliphatic carbocycles. The van der Waals surface area contributed by atoms with Crippen LogP contribution < -0.4 is 10.6 Å². The summed E-state index contributed by atoms with van der Waals surface area (Å²) in [4.78, 5) is 26.5. The fourth-order valence-corrected chi connectivity index (χ4v) is 3.50. The standard InChI is InChI=1S/C20H30ClN3O2/c1-15(25)23-18(16-7-9-17(21)10-8-16)13-19(26)22-14-20(2,3)24-11-5-4-6-12-24/h7-10,18H,4-6,11-14H2,1-3H3,(H,22,26)(H,23,25). The maximum atomic E-state index is 12.5. The molecule has 0 spiro atoms. The lowest BCUT2D eigenvalue weighted by Gasteiger charge is -2.41. The van der Waals surface area contributed by atoms with Crippen LogP contribution in [0.3, 0.4) is 0 Å². The lowest BCUT2D eigenvalue weighted by Crippen LogP contribution is -2.53. The van der Waals surface area contributed by atoms with Crippen LogP contribution in [0.1, 0.15) is 58.1 Å². The van der Waals surface area contributed by atoms with Gasteiger partial charge in [0.2, 0.25) is 11.8 Å². The Kier molecular flexibility index (Phi) is 7.47. The second-order valence-corrected chi connectivity index (χ2v) is 8.08. The zero-order valence-electron chi connectivity index (χ0n) is 16.0. The molecule has 1 aliphatic heterocycles. The number of benzene rings is 1.